The second-order valence-corrected chi connectivity index (χ2v) is 18.6. The zero-order chi connectivity index (χ0) is 34.2. The van der Waals surface area contributed by atoms with Crippen molar-refractivity contribution in [3.8, 4) is 5.75 Å². The molecule has 0 saturated heterocycles. The number of hydrogen-bond acceptors (Lipinski definition) is 5. The number of allylic oxidation sites excluding steroid dienone is 1. The standard InChI is InChI=1S/C44H63NO4/c1-6-26-19-28-9-8-27(26)20-33(28)42(48)35-23-30(45-39-14-11-32(49-5)24-34(35)39)10-7-25(2)36-12-13-37-41-38(16-18-44(36,37)4)43(3)17-15-31(46)21-29(43)22-40(41)47/h6,11,14,23-29,31,33,36-38,40-42,46-48H,1,7-10,12-13,15-22H2,2-5H3/t25-,26?,27+,28+,29+,31-,33?,36-,37+,38+,40-,41+,42-,43+,44-/m1/s1. The summed E-state index contributed by atoms with van der Waals surface area (Å²) in [7, 11) is 1.71. The molecule has 5 heteroatoms. The Morgan fingerprint density at radius 1 is 0.939 bits per heavy atom. The van der Waals surface area contributed by atoms with Gasteiger partial charge in [0.05, 0.1) is 30.9 Å². The van der Waals surface area contributed by atoms with Crippen molar-refractivity contribution in [2.45, 2.75) is 129 Å². The predicted molar refractivity (Wildman–Crippen MR) is 196 cm³/mol. The normalized spacial score (nSPS) is 44.1. The molecule has 0 amide bonds. The minimum Gasteiger partial charge on any atom is -0.497 e. The van der Waals surface area contributed by atoms with Crippen molar-refractivity contribution in [1.82, 2.24) is 4.98 Å². The van der Waals surface area contributed by atoms with E-state index in [1.165, 1.54) is 38.5 Å². The van der Waals surface area contributed by atoms with Crippen molar-refractivity contribution in [2.24, 2.45) is 70.0 Å². The van der Waals surface area contributed by atoms with Gasteiger partial charge in [-0.05, 0) is 190 Å². The Labute approximate surface area is 295 Å². The second kappa shape index (κ2) is 12.9. The molecule has 5 nitrogen and oxygen atoms in total. The van der Waals surface area contributed by atoms with E-state index in [-0.39, 0.29) is 29.0 Å². The number of ether oxygens (including phenoxy) is 1. The lowest BCUT2D eigenvalue weighted by atomic mass is 9.43. The first-order valence-corrected chi connectivity index (χ1v) is 20.2. The SMILES string of the molecule is C=CC1C[C@@H]2CC[C@H]1CC2[C@@H](O)c1cc(CC[C@@H](C)[C@H]2CC[C@H]3[C@@H]4[C@H](O)C[C@@H]5C[C@H](O)CC[C@]5(C)[C@H]4CC[C@]23C)nc2ccc(OC)cc12. The summed E-state index contributed by atoms with van der Waals surface area (Å²) >= 11 is 0. The van der Waals surface area contributed by atoms with Gasteiger partial charge in [0.15, 0.2) is 0 Å². The quantitative estimate of drug-likeness (QED) is 0.244. The summed E-state index contributed by atoms with van der Waals surface area (Å²) in [6.45, 7) is 11.7. The van der Waals surface area contributed by atoms with E-state index in [1.807, 2.05) is 6.07 Å². The maximum absolute atomic E-state index is 12.1. The zero-order valence-electron chi connectivity index (χ0n) is 30.7. The molecule has 2 aromatic rings. The third-order valence-electron chi connectivity index (χ3n) is 16.7. The molecule has 7 fully saturated rings. The molecular formula is C44H63NO4. The summed E-state index contributed by atoms with van der Waals surface area (Å²) in [5.74, 6) is 6.19. The van der Waals surface area contributed by atoms with Gasteiger partial charge in [0.25, 0.3) is 0 Å². The molecule has 3 N–H and O–H groups in total. The van der Waals surface area contributed by atoms with Crippen LogP contribution in [0, 0.1) is 70.0 Å². The molecule has 0 spiro atoms. The lowest BCUT2D eigenvalue weighted by Gasteiger charge is -2.62. The largest absolute Gasteiger partial charge is 0.497 e. The smallest absolute Gasteiger partial charge is 0.119 e. The molecule has 7 saturated carbocycles. The maximum atomic E-state index is 12.1. The van der Waals surface area contributed by atoms with Gasteiger partial charge in [0, 0.05) is 11.1 Å². The van der Waals surface area contributed by atoms with E-state index in [9.17, 15) is 15.3 Å². The molecule has 2 unspecified atom stereocenters. The topological polar surface area (TPSA) is 82.8 Å². The van der Waals surface area contributed by atoms with E-state index in [1.54, 1.807) is 7.11 Å². The molecule has 15 atom stereocenters. The van der Waals surface area contributed by atoms with Crippen molar-refractivity contribution >= 4 is 10.9 Å². The van der Waals surface area contributed by atoms with Crippen LogP contribution in [0.3, 0.4) is 0 Å². The number of hydrogen-bond donors (Lipinski definition) is 3. The first-order valence-electron chi connectivity index (χ1n) is 20.2. The van der Waals surface area contributed by atoms with Crippen LogP contribution in [0.2, 0.25) is 0 Å². The predicted octanol–water partition coefficient (Wildman–Crippen LogP) is 9.07. The third-order valence-corrected chi connectivity index (χ3v) is 16.7. The first kappa shape index (κ1) is 34.2. The molecule has 49 heavy (non-hydrogen) atoms. The van der Waals surface area contributed by atoms with Crippen LogP contribution >= 0.6 is 0 Å². The van der Waals surface area contributed by atoms with Crippen molar-refractivity contribution < 1.29 is 20.1 Å². The Bertz CT molecular complexity index is 1540. The molecule has 1 aromatic carbocycles. The average Bonchev–Trinajstić information content (AvgIpc) is 3.47. The number of methoxy groups -OCH3 is 1. The van der Waals surface area contributed by atoms with Crippen LogP contribution in [0.15, 0.2) is 36.9 Å². The van der Waals surface area contributed by atoms with Crippen LogP contribution in [-0.2, 0) is 6.42 Å². The molecule has 1 aromatic heterocycles. The van der Waals surface area contributed by atoms with Crippen LogP contribution < -0.4 is 4.74 Å². The highest BCUT2D eigenvalue weighted by atomic mass is 16.5. The van der Waals surface area contributed by atoms with E-state index in [2.05, 4.69) is 51.6 Å². The molecule has 2 bridgehead atoms. The number of fused-ring (bicyclic) bond motifs is 9. The lowest BCUT2D eigenvalue weighted by Crippen LogP contribution is -2.58. The molecule has 0 aliphatic heterocycles. The summed E-state index contributed by atoms with van der Waals surface area (Å²) in [5.41, 5.74) is 3.65. The first-order chi connectivity index (χ1) is 23.5. The second-order valence-electron chi connectivity index (χ2n) is 18.6. The fraction of sp³-hybridized carbons (Fsp3) is 0.750. The summed E-state index contributed by atoms with van der Waals surface area (Å²) in [4.78, 5) is 5.19. The van der Waals surface area contributed by atoms with Crippen molar-refractivity contribution in [3.05, 3.63) is 48.2 Å². The summed E-state index contributed by atoms with van der Waals surface area (Å²) < 4.78 is 5.63. The highest BCUT2D eigenvalue weighted by Gasteiger charge is 2.62. The van der Waals surface area contributed by atoms with E-state index in [0.717, 1.165) is 79.3 Å². The minimum atomic E-state index is -0.493. The van der Waals surface area contributed by atoms with Gasteiger partial charge in [-0.15, -0.1) is 6.58 Å². The zero-order valence-corrected chi connectivity index (χ0v) is 30.7. The fourth-order valence-electron chi connectivity index (χ4n) is 14.0. The van der Waals surface area contributed by atoms with Gasteiger partial charge in [0.1, 0.15) is 5.75 Å². The molecule has 7 aliphatic carbocycles. The monoisotopic (exact) mass is 669 g/mol. The van der Waals surface area contributed by atoms with Gasteiger partial charge >= 0.3 is 0 Å². The van der Waals surface area contributed by atoms with Crippen molar-refractivity contribution in [2.75, 3.05) is 7.11 Å². The minimum absolute atomic E-state index is 0.181. The van der Waals surface area contributed by atoms with Crippen molar-refractivity contribution in [1.29, 1.82) is 0 Å². The molecule has 268 valence electrons. The average molecular weight is 670 g/mol. The molecule has 9 rings (SSSR count). The van der Waals surface area contributed by atoms with Gasteiger partial charge in [-0.2, -0.15) is 0 Å². The van der Waals surface area contributed by atoms with Crippen LogP contribution in [-0.4, -0.2) is 39.6 Å². The van der Waals surface area contributed by atoms with Gasteiger partial charge in [-0.1, -0.05) is 26.8 Å². The number of nitrogens with zero attached hydrogens (tertiary/aromatic N) is 1. The number of aryl methyl sites for hydroxylation is 1. The number of rotatable bonds is 8. The Morgan fingerprint density at radius 3 is 2.47 bits per heavy atom. The number of benzene rings is 1. The Balaban J connectivity index is 1.01. The highest BCUT2D eigenvalue weighted by molar-refractivity contribution is 5.84. The molecule has 1 heterocycles. The van der Waals surface area contributed by atoms with Crippen LogP contribution in [0.25, 0.3) is 10.9 Å². The number of aliphatic hydroxyl groups is 3. The van der Waals surface area contributed by atoms with Crippen LogP contribution in [0.4, 0.5) is 0 Å². The van der Waals surface area contributed by atoms with E-state index in [0.29, 0.717) is 53.3 Å². The Morgan fingerprint density at radius 2 is 1.71 bits per heavy atom. The summed E-state index contributed by atoms with van der Waals surface area (Å²) in [6.07, 6.45) is 16.9. The van der Waals surface area contributed by atoms with Crippen LogP contribution in [0.5, 0.6) is 5.75 Å². The molecule has 7 aliphatic rings. The summed E-state index contributed by atoms with van der Waals surface area (Å²) in [6, 6.07) is 8.40. The molecular weight excluding hydrogens is 606 g/mol. The van der Waals surface area contributed by atoms with Crippen molar-refractivity contribution in [3.63, 3.8) is 0 Å². The van der Waals surface area contributed by atoms with Gasteiger partial charge in [0.2, 0.25) is 0 Å². The highest BCUT2D eigenvalue weighted by Crippen LogP contribution is 2.68. The summed E-state index contributed by atoms with van der Waals surface area (Å²) in [5, 5.41) is 35.3. The number of aromatic nitrogens is 1. The van der Waals surface area contributed by atoms with Crippen LogP contribution in [0.1, 0.15) is 122 Å². The van der Waals surface area contributed by atoms with E-state index >= 15 is 0 Å². The van der Waals surface area contributed by atoms with E-state index < -0.39 is 6.10 Å². The van der Waals surface area contributed by atoms with Gasteiger partial charge < -0.3 is 20.1 Å². The lowest BCUT2D eigenvalue weighted by molar-refractivity contribution is -0.174. The van der Waals surface area contributed by atoms with E-state index in [4.69, 9.17) is 9.72 Å². The Hall–Kier alpha value is -1.95. The molecule has 0 radical (unpaired) electrons. The maximum Gasteiger partial charge on any atom is 0.119 e. The Kier molecular flexibility index (Phi) is 9.01. The number of aliphatic hydroxyl groups excluding tert-OH is 3. The van der Waals surface area contributed by atoms with Gasteiger partial charge in [-0.3, -0.25) is 4.98 Å². The number of pyridine rings is 1. The fourth-order valence-corrected chi connectivity index (χ4v) is 14.0. The van der Waals surface area contributed by atoms with Gasteiger partial charge in [-0.25, -0.2) is 0 Å². The third kappa shape index (κ3) is 5.62.